The average Bonchev–Trinajstić information content (AvgIpc) is 2.75. The number of rotatable bonds is 5. The summed E-state index contributed by atoms with van der Waals surface area (Å²) >= 11 is 0. The number of hydrogen-bond donors (Lipinski definition) is 2. The van der Waals surface area contributed by atoms with E-state index in [-0.39, 0.29) is 41.9 Å². The second-order valence-electron chi connectivity index (χ2n) is 5.29. The molecule has 1 aliphatic rings. The number of carbonyl (C=O) groups excluding carboxylic acids is 1. The summed E-state index contributed by atoms with van der Waals surface area (Å²) in [4.78, 5) is 11.8. The first kappa shape index (κ1) is 15.9. The molecule has 0 unspecified atom stereocenters. The molecule has 1 heterocycles. The third kappa shape index (κ3) is 4.50. The number of halogens is 1. The molecule has 5 nitrogen and oxygen atoms in total. The Hall–Kier alpha value is -1.47. The van der Waals surface area contributed by atoms with Gasteiger partial charge >= 0.3 is 0 Å². The van der Waals surface area contributed by atoms with Gasteiger partial charge in [0.15, 0.2) is 9.84 Å². The third-order valence-electron chi connectivity index (χ3n) is 3.54. The van der Waals surface area contributed by atoms with Crippen molar-refractivity contribution in [1.82, 2.24) is 10.6 Å². The lowest BCUT2D eigenvalue weighted by molar-refractivity contribution is -0.120. The van der Waals surface area contributed by atoms with E-state index >= 15 is 0 Å². The summed E-state index contributed by atoms with van der Waals surface area (Å²) in [5.74, 6) is -0.474. The van der Waals surface area contributed by atoms with Crippen molar-refractivity contribution in [3.05, 3.63) is 35.6 Å². The molecule has 0 saturated carbocycles. The first-order chi connectivity index (χ1) is 9.87. The summed E-state index contributed by atoms with van der Waals surface area (Å²) in [6.45, 7) is 1.79. The molecular weight excluding hydrogens is 295 g/mol. The largest absolute Gasteiger partial charge is 0.351 e. The highest BCUT2D eigenvalue weighted by Gasteiger charge is 2.28. The predicted octanol–water partition coefficient (Wildman–Crippen LogP) is 0.780. The minimum absolute atomic E-state index is 0.00159. The maximum absolute atomic E-state index is 13.6. The Morgan fingerprint density at radius 1 is 1.43 bits per heavy atom. The number of amides is 1. The van der Waals surface area contributed by atoms with Crippen LogP contribution in [0.1, 0.15) is 24.9 Å². The topological polar surface area (TPSA) is 75.3 Å². The molecule has 2 rings (SSSR count). The van der Waals surface area contributed by atoms with E-state index in [1.807, 2.05) is 0 Å². The molecule has 1 aromatic rings. The van der Waals surface area contributed by atoms with Crippen molar-refractivity contribution in [2.45, 2.75) is 25.4 Å². The van der Waals surface area contributed by atoms with Crippen LogP contribution in [-0.2, 0) is 14.6 Å². The standard InChI is InChI=1S/C14H19FN2O3S/c1-10(12-4-2-3-5-13(12)15)16-8-14(18)17-11-6-7-21(19,20)9-11/h2-5,10-11,16H,6-9H2,1H3,(H,17,18)/t10-,11-/m0/s1. The average molecular weight is 314 g/mol. The van der Waals surface area contributed by atoms with E-state index in [4.69, 9.17) is 0 Å². The zero-order valence-electron chi connectivity index (χ0n) is 11.8. The Balaban J connectivity index is 1.80. The lowest BCUT2D eigenvalue weighted by Gasteiger charge is -2.16. The van der Waals surface area contributed by atoms with Crippen molar-refractivity contribution in [3.63, 3.8) is 0 Å². The first-order valence-corrected chi connectivity index (χ1v) is 8.67. The molecule has 7 heteroatoms. The van der Waals surface area contributed by atoms with Crippen LogP contribution in [0, 0.1) is 5.82 Å². The number of hydrogen-bond acceptors (Lipinski definition) is 4. The molecule has 0 bridgehead atoms. The lowest BCUT2D eigenvalue weighted by Crippen LogP contribution is -2.41. The highest BCUT2D eigenvalue weighted by molar-refractivity contribution is 7.91. The maximum atomic E-state index is 13.6. The van der Waals surface area contributed by atoms with Gasteiger partial charge in [-0.15, -0.1) is 0 Å². The van der Waals surface area contributed by atoms with E-state index in [1.54, 1.807) is 25.1 Å². The van der Waals surface area contributed by atoms with Crippen LogP contribution in [0.4, 0.5) is 4.39 Å². The first-order valence-electron chi connectivity index (χ1n) is 6.85. The number of carbonyl (C=O) groups is 1. The molecule has 1 fully saturated rings. The van der Waals surface area contributed by atoms with Crippen molar-refractivity contribution >= 4 is 15.7 Å². The van der Waals surface area contributed by atoms with Crippen LogP contribution in [0.5, 0.6) is 0 Å². The van der Waals surface area contributed by atoms with Crippen LogP contribution in [0.25, 0.3) is 0 Å². The predicted molar refractivity (Wildman–Crippen MR) is 78.0 cm³/mol. The molecule has 1 aromatic carbocycles. The molecular formula is C14H19FN2O3S. The molecule has 116 valence electrons. The zero-order chi connectivity index (χ0) is 15.5. The quantitative estimate of drug-likeness (QED) is 0.842. The van der Waals surface area contributed by atoms with E-state index in [9.17, 15) is 17.6 Å². The fourth-order valence-electron chi connectivity index (χ4n) is 2.37. The summed E-state index contributed by atoms with van der Waals surface area (Å²) < 4.78 is 36.2. The van der Waals surface area contributed by atoms with Gasteiger partial charge in [-0.2, -0.15) is 0 Å². The molecule has 0 radical (unpaired) electrons. The Morgan fingerprint density at radius 2 is 2.14 bits per heavy atom. The van der Waals surface area contributed by atoms with E-state index in [0.29, 0.717) is 12.0 Å². The highest BCUT2D eigenvalue weighted by Crippen LogP contribution is 2.15. The van der Waals surface area contributed by atoms with Gasteiger partial charge in [-0.05, 0) is 19.4 Å². The van der Waals surface area contributed by atoms with Crippen LogP contribution < -0.4 is 10.6 Å². The molecule has 0 spiro atoms. The lowest BCUT2D eigenvalue weighted by atomic mass is 10.1. The zero-order valence-corrected chi connectivity index (χ0v) is 12.6. The Bertz CT molecular complexity index is 618. The smallest absolute Gasteiger partial charge is 0.234 e. The molecule has 1 aliphatic heterocycles. The van der Waals surface area contributed by atoms with Crippen molar-refractivity contribution in [1.29, 1.82) is 0 Å². The SMILES string of the molecule is C[C@H](NCC(=O)N[C@H]1CCS(=O)(=O)C1)c1ccccc1F. The number of benzene rings is 1. The number of sulfone groups is 1. The van der Waals surface area contributed by atoms with Gasteiger partial charge in [0.25, 0.3) is 0 Å². The second kappa shape index (κ2) is 6.53. The molecule has 0 aliphatic carbocycles. The van der Waals surface area contributed by atoms with E-state index < -0.39 is 9.84 Å². The van der Waals surface area contributed by atoms with Gasteiger partial charge in [-0.1, -0.05) is 18.2 Å². The van der Waals surface area contributed by atoms with Crippen molar-refractivity contribution < 1.29 is 17.6 Å². The molecule has 0 aromatic heterocycles. The van der Waals surface area contributed by atoms with Crippen molar-refractivity contribution in [2.75, 3.05) is 18.1 Å². The fraction of sp³-hybridized carbons (Fsp3) is 0.500. The molecule has 1 saturated heterocycles. The van der Waals surface area contributed by atoms with Crippen LogP contribution in [0.3, 0.4) is 0 Å². The molecule has 1 amide bonds. The number of nitrogens with one attached hydrogen (secondary N) is 2. The van der Waals surface area contributed by atoms with Gasteiger partial charge < -0.3 is 10.6 Å². The molecule has 21 heavy (non-hydrogen) atoms. The molecule has 2 N–H and O–H groups in total. The van der Waals surface area contributed by atoms with Gasteiger partial charge in [0.1, 0.15) is 5.82 Å². The van der Waals surface area contributed by atoms with Crippen LogP contribution in [-0.4, -0.2) is 38.4 Å². The Morgan fingerprint density at radius 3 is 2.76 bits per heavy atom. The maximum Gasteiger partial charge on any atom is 0.234 e. The fourth-order valence-corrected chi connectivity index (χ4v) is 4.04. The summed E-state index contributed by atoms with van der Waals surface area (Å²) in [7, 11) is -3.01. The van der Waals surface area contributed by atoms with Crippen LogP contribution in [0.15, 0.2) is 24.3 Å². The van der Waals surface area contributed by atoms with E-state index in [1.165, 1.54) is 6.07 Å². The Kier molecular flexibility index (Phi) is 4.95. The van der Waals surface area contributed by atoms with Gasteiger partial charge in [-0.3, -0.25) is 4.79 Å². The van der Waals surface area contributed by atoms with Gasteiger partial charge in [0.2, 0.25) is 5.91 Å². The summed E-state index contributed by atoms with van der Waals surface area (Å²) in [6, 6.07) is 5.77. The normalized spacial score (nSPS) is 21.9. The second-order valence-corrected chi connectivity index (χ2v) is 7.52. The van der Waals surface area contributed by atoms with Crippen LogP contribution >= 0.6 is 0 Å². The summed E-state index contributed by atoms with van der Waals surface area (Å²) in [5, 5.41) is 5.61. The minimum atomic E-state index is -3.01. The van der Waals surface area contributed by atoms with Gasteiger partial charge in [0.05, 0.1) is 18.1 Å². The highest BCUT2D eigenvalue weighted by atomic mass is 32.2. The summed E-state index contributed by atoms with van der Waals surface area (Å²) in [5.41, 5.74) is 0.494. The van der Waals surface area contributed by atoms with Crippen LogP contribution in [0.2, 0.25) is 0 Å². The van der Waals surface area contributed by atoms with Gasteiger partial charge in [0, 0.05) is 17.6 Å². The molecule has 2 atom stereocenters. The summed E-state index contributed by atoms with van der Waals surface area (Å²) in [6.07, 6.45) is 0.455. The monoisotopic (exact) mass is 314 g/mol. The van der Waals surface area contributed by atoms with E-state index in [2.05, 4.69) is 10.6 Å². The van der Waals surface area contributed by atoms with Gasteiger partial charge in [-0.25, -0.2) is 12.8 Å². The van der Waals surface area contributed by atoms with Crippen molar-refractivity contribution in [2.24, 2.45) is 0 Å². The van der Waals surface area contributed by atoms with Crippen molar-refractivity contribution in [3.8, 4) is 0 Å². The third-order valence-corrected chi connectivity index (χ3v) is 5.31. The van der Waals surface area contributed by atoms with E-state index in [0.717, 1.165) is 0 Å². The minimum Gasteiger partial charge on any atom is -0.351 e. The Labute approximate surface area is 123 Å².